The van der Waals surface area contributed by atoms with Crippen LogP contribution in [0.4, 0.5) is 0 Å². The van der Waals surface area contributed by atoms with Crippen molar-refractivity contribution >= 4 is 16.6 Å². The predicted molar refractivity (Wildman–Crippen MR) is 175 cm³/mol. The monoisotopic (exact) mass is 566 g/mol. The molecule has 0 aliphatic carbocycles. The van der Waals surface area contributed by atoms with E-state index in [1.807, 2.05) is 0 Å². The van der Waals surface area contributed by atoms with Gasteiger partial charge in [-0.05, 0) is 89.2 Å². The lowest BCUT2D eigenvalue weighted by molar-refractivity contribution is -0.0880. The molecule has 0 aliphatic heterocycles. The first-order valence-corrected chi connectivity index (χ1v) is 21.2. The second-order valence-electron chi connectivity index (χ2n) is 13.3. The zero-order valence-corrected chi connectivity index (χ0v) is 28.1. The summed E-state index contributed by atoms with van der Waals surface area (Å²) in [7, 11) is -4.45. The Hall–Kier alpha value is -2.77. The van der Waals surface area contributed by atoms with E-state index in [9.17, 15) is 0 Å². The molecule has 0 bridgehead atoms. The highest BCUT2D eigenvalue weighted by Crippen LogP contribution is 2.57. The van der Waals surface area contributed by atoms with E-state index < -0.39 is 27.8 Å². The van der Waals surface area contributed by atoms with Crippen LogP contribution in [0, 0.1) is 27.7 Å². The highest BCUT2D eigenvalue weighted by Gasteiger charge is 2.60. The Morgan fingerprint density at radius 2 is 0.525 bits per heavy atom. The first-order valence-electron chi connectivity index (χ1n) is 14.4. The molecule has 0 aromatic heterocycles. The highest BCUT2D eigenvalue weighted by atomic mass is 28.4. The minimum atomic E-state index is -2.22. The van der Waals surface area contributed by atoms with Crippen LogP contribution in [0.3, 0.4) is 0 Å². The Bertz CT molecular complexity index is 1200. The second-order valence-corrected chi connectivity index (χ2v) is 22.1. The van der Waals surface area contributed by atoms with E-state index in [2.05, 4.69) is 164 Å². The quantitative estimate of drug-likeness (QED) is 0.188. The Morgan fingerprint density at radius 3 is 0.675 bits per heavy atom. The van der Waals surface area contributed by atoms with Gasteiger partial charge in [-0.15, -0.1) is 0 Å². The molecule has 210 valence electrons. The standard InChI is InChI=1S/C36H46O2Si2/c1-27-11-19-31(20-12-27)35(37-39(5,6)7,32-21-13-28(2)14-22-32)36(38-40(8,9)10,33-23-15-29(3)16-24-33)34-25-17-30(4)18-26-34/h11-26H,1-10H3. The van der Waals surface area contributed by atoms with Crippen LogP contribution in [-0.2, 0) is 20.1 Å². The molecule has 0 amide bonds. The number of hydrogen-bond acceptors (Lipinski definition) is 2. The summed E-state index contributed by atoms with van der Waals surface area (Å²) in [6.07, 6.45) is 0. The van der Waals surface area contributed by atoms with Crippen molar-refractivity contribution in [1.29, 1.82) is 0 Å². The molecule has 0 spiro atoms. The largest absolute Gasteiger partial charge is 0.401 e. The van der Waals surface area contributed by atoms with Gasteiger partial charge in [0, 0.05) is 0 Å². The third-order valence-corrected chi connectivity index (χ3v) is 9.08. The molecule has 4 aromatic carbocycles. The van der Waals surface area contributed by atoms with Gasteiger partial charge in [-0.2, -0.15) is 0 Å². The van der Waals surface area contributed by atoms with Gasteiger partial charge in [-0.1, -0.05) is 119 Å². The summed E-state index contributed by atoms with van der Waals surface area (Å²) in [5.74, 6) is 0. The molecule has 0 atom stereocenters. The number of rotatable bonds is 9. The number of hydrogen-bond donors (Lipinski definition) is 0. The summed E-state index contributed by atoms with van der Waals surface area (Å²) in [4.78, 5) is 0. The lowest BCUT2D eigenvalue weighted by Gasteiger charge is -2.56. The predicted octanol–water partition coefficient (Wildman–Crippen LogP) is 9.81. The lowest BCUT2D eigenvalue weighted by Crippen LogP contribution is -2.60. The fraction of sp³-hybridized carbons (Fsp3) is 0.333. The van der Waals surface area contributed by atoms with E-state index >= 15 is 0 Å². The minimum absolute atomic E-state index is 0.955. The van der Waals surface area contributed by atoms with Crippen molar-refractivity contribution in [3.8, 4) is 0 Å². The third kappa shape index (κ3) is 6.11. The van der Waals surface area contributed by atoms with E-state index in [-0.39, 0.29) is 0 Å². The van der Waals surface area contributed by atoms with Crippen LogP contribution in [-0.4, -0.2) is 16.6 Å². The molecule has 0 unspecified atom stereocenters. The topological polar surface area (TPSA) is 18.5 Å². The maximum absolute atomic E-state index is 7.69. The minimum Gasteiger partial charge on any atom is -0.401 e. The van der Waals surface area contributed by atoms with E-state index in [0.29, 0.717) is 0 Å². The molecular formula is C36H46O2Si2. The normalized spacial score (nSPS) is 12.9. The second kappa shape index (κ2) is 11.2. The summed E-state index contributed by atoms with van der Waals surface area (Å²) >= 11 is 0. The molecule has 2 nitrogen and oxygen atoms in total. The van der Waals surface area contributed by atoms with Gasteiger partial charge in [0.2, 0.25) is 0 Å². The average molecular weight is 567 g/mol. The lowest BCUT2D eigenvalue weighted by atomic mass is 9.66. The van der Waals surface area contributed by atoms with Gasteiger partial charge < -0.3 is 8.85 Å². The van der Waals surface area contributed by atoms with Crippen LogP contribution >= 0.6 is 0 Å². The van der Waals surface area contributed by atoms with Crippen LogP contribution in [0.5, 0.6) is 0 Å². The maximum atomic E-state index is 7.69. The molecule has 0 N–H and O–H groups in total. The fourth-order valence-corrected chi connectivity index (χ4v) is 8.19. The molecule has 0 radical (unpaired) electrons. The van der Waals surface area contributed by atoms with Crippen molar-refractivity contribution in [3.63, 3.8) is 0 Å². The molecule has 4 heteroatoms. The fourth-order valence-electron chi connectivity index (χ4n) is 5.60. The van der Waals surface area contributed by atoms with Crippen molar-refractivity contribution in [2.24, 2.45) is 0 Å². The smallest absolute Gasteiger partial charge is 0.185 e. The van der Waals surface area contributed by atoms with Crippen molar-refractivity contribution in [3.05, 3.63) is 142 Å². The van der Waals surface area contributed by atoms with Gasteiger partial charge in [-0.3, -0.25) is 0 Å². The number of benzene rings is 4. The van der Waals surface area contributed by atoms with Crippen LogP contribution in [0.25, 0.3) is 0 Å². The first kappa shape index (κ1) is 30.2. The van der Waals surface area contributed by atoms with Crippen molar-refractivity contribution in [2.45, 2.75) is 78.2 Å². The van der Waals surface area contributed by atoms with Crippen LogP contribution < -0.4 is 0 Å². The molecule has 40 heavy (non-hydrogen) atoms. The van der Waals surface area contributed by atoms with Gasteiger partial charge in [-0.25, -0.2) is 0 Å². The molecule has 0 fully saturated rings. The summed E-state index contributed by atoms with van der Waals surface area (Å²) < 4.78 is 15.4. The zero-order valence-electron chi connectivity index (χ0n) is 26.1. The molecule has 4 aromatic rings. The van der Waals surface area contributed by atoms with E-state index in [1.54, 1.807) is 0 Å². The van der Waals surface area contributed by atoms with Crippen molar-refractivity contribution < 1.29 is 8.85 Å². The molecule has 0 saturated heterocycles. The highest BCUT2D eigenvalue weighted by molar-refractivity contribution is 6.70. The van der Waals surface area contributed by atoms with Crippen LogP contribution in [0.2, 0.25) is 39.3 Å². The molecule has 0 aliphatic rings. The van der Waals surface area contributed by atoms with E-state index in [4.69, 9.17) is 8.85 Å². The summed E-state index contributed by atoms with van der Waals surface area (Å²) in [6, 6.07) is 35.6. The first-order chi connectivity index (χ1) is 18.7. The number of aryl methyl sites for hydroxylation is 4. The third-order valence-electron chi connectivity index (χ3n) is 7.25. The van der Waals surface area contributed by atoms with Gasteiger partial charge in [0.15, 0.2) is 16.6 Å². The zero-order chi connectivity index (χ0) is 29.3. The molecular weight excluding hydrogens is 521 g/mol. The SMILES string of the molecule is Cc1ccc(C(O[Si](C)(C)C)(c2ccc(C)cc2)C(O[Si](C)(C)C)(c2ccc(C)cc2)c2ccc(C)cc2)cc1. The van der Waals surface area contributed by atoms with E-state index in [0.717, 1.165) is 22.3 Å². The molecule has 4 rings (SSSR count). The van der Waals surface area contributed by atoms with Crippen LogP contribution in [0.1, 0.15) is 44.5 Å². The summed E-state index contributed by atoms with van der Waals surface area (Å²) in [5.41, 5.74) is 7.37. The van der Waals surface area contributed by atoms with Crippen LogP contribution in [0.15, 0.2) is 97.1 Å². The van der Waals surface area contributed by atoms with Crippen molar-refractivity contribution in [1.82, 2.24) is 0 Å². The Balaban J connectivity index is 2.31. The van der Waals surface area contributed by atoms with E-state index in [1.165, 1.54) is 22.3 Å². The Morgan fingerprint density at radius 1 is 0.350 bits per heavy atom. The summed E-state index contributed by atoms with van der Waals surface area (Å²) in [6.45, 7) is 22.3. The maximum Gasteiger partial charge on any atom is 0.185 e. The molecule has 0 saturated carbocycles. The van der Waals surface area contributed by atoms with Gasteiger partial charge >= 0.3 is 0 Å². The average Bonchev–Trinajstić information content (AvgIpc) is 2.87. The van der Waals surface area contributed by atoms with Gasteiger partial charge in [0.25, 0.3) is 0 Å². The Labute approximate surface area is 244 Å². The molecule has 0 heterocycles. The van der Waals surface area contributed by atoms with Gasteiger partial charge in [0.1, 0.15) is 11.2 Å². The Kier molecular flexibility index (Phi) is 8.49. The van der Waals surface area contributed by atoms with Gasteiger partial charge in [0.05, 0.1) is 0 Å². The van der Waals surface area contributed by atoms with Crippen molar-refractivity contribution in [2.75, 3.05) is 0 Å². The summed E-state index contributed by atoms with van der Waals surface area (Å²) in [5, 5.41) is 0.